The van der Waals surface area contributed by atoms with Crippen molar-refractivity contribution in [2.45, 2.75) is 26.0 Å². The maximum atomic E-state index is 12.4. The summed E-state index contributed by atoms with van der Waals surface area (Å²) < 4.78 is 6.00. The Hall–Kier alpha value is -2.88. The van der Waals surface area contributed by atoms with Crippen molar-refractivity contribution in [3.8, 4) is 5.75 Å². The van der Waals surface area contributed by atoms with Gasteiger partial charge in [-0.15, -0.1) is 0 Å². The number of nitrogens with one attached hydrogen (secondary N) is 1. The highest BCUT2D eigenvalue weighted by Gasteiger charge is 2.19. The SMILES string of the molecule is CCC(Oc1cccc2ccccc12)C(=O)NCc1cccnc1. The number of nitrogens with zero attached hydrogens (tertiary/aromatic N) is 1. The zero-order valence-corrected chi connectivity index (χ0v) is 13.6. The van der Waals surface area contributed by atoms with E-state index in [9.17, 15) is 4.79 Å². The predicted octanol–water partition coefficient (Wildman–Crippen LogP) is 3.71. The van der Waals surface area contributed by atoms with Crippen LogP contribution < -0.4 is 10.1 Å². The second-order valence-corrected chi connectivity index (χ2v) is 5.57. The Labute approximate surface area is 141 Å². The molecule has 24 heavy (non-hydrogen) atoms. The van der Waals surface area contributed by atoms with E-state index >= 15 is 0 Å². The smallest absolute Gasteiger partial charge is 0.261 e. The first kappa shape index (κ1) is 16.0. The molecule has 4 heteroatoms. The Morgan fingerprint density at radius 3 is 2.75 bits per heavy atom. The third kappa shape index (κ3) is 3.71. The molecule has 1 heterocycles. The van der Waals surface area contributed by atoms with Crippen molar-refractivity contribution in [2.24, 2.45) is 0 Å². The minimum absolute atomic E-state index is 0.116. The fourth-order valence-electron chi connectivity index (χ4n) is 2.58. The summed E-state index contributed by atoms with van der Waals surface area (Å²) in [6.45, 7) is 2.39. The zero-order chi connectivity index (χ0) is 16.8. The Kier molecular flexibility index (Phi) is 5.06. The summed E-state index contributed by atoms with van der Waals surface area (Å²) in [6, 6.07) is 17.7. The van der Waals surface area contributed by atoms with Gasteiger partial charge in [-0.3, -0.25) is 9.78 Å². The van der Waals surface area contributed by atoms with E-state index in [0.717, 1.165) is 22.1 Å². The molecule has 2 aromatic carbocycles. The number of ether oxygens (including phenoxy) is 1. The largest absolute Gasteiger partial charge is 0.480 e. The standard InChI is InChI=1S/C20H20N2O2/c1-2-18(20(23)22-14-15-7-6-12-21-13-15)24-19-11-5-9-16-8-3-4-10-17(16)19/h3-13,18H,2,14H2,1H3,(H,22,23). The van der Waals surface area contributed by atoms with Crippen LogP contribution in [0.5, 0.6) is 5.75 Å². The molecule has 3 aromatic rings. The number of amides is 1. The molecule has 1 aromatic heterocycles. The molecular formula is C20H20N2O2. The Morgan fingerprint density at radius 2 is 1.96 bits per heavy atom. The van der Waals surface area contributed by atoms with Crippen LogP contribution in [0.2, 0.25) is 0 Å². The maximum Gasteiger partial charge on any atom is 0.261 e. The average molecular weight is 320 g/mol. The minimum atomic E-state index is -0.521. The highest BCUT2D eigenvalue weighted by Crippen LogP contribution is 2.26. The second-order valence-electron chi connectivity index (χ2n) is 5.57. The normalized spacial score (nSPS) is 11.9. The molecular weight excluding hydrogens is 300 g/mol. The van der Waals surface area contributed by atoms with E-state index in [2.05, 4.69) is 10.3 Å². The van der Waals surface area contributed by atoms with Gasteiger partial charge >= 0.3 is 0 Å². The van der Waals surface area contributed by atoms with E-state index in [0.29, 0.717) is 13.0 Å². The molecule has 3 rings (SSSR count). The molecule has 122 valence electrons. The number of carbonyl (C=O) groups excluding carboxylic acids is 1. The molecule has 0 saturated heterocycles. The van der Waals surface area contributed by atoms with Crippen LogP contribution in [0.1, 0.15) is 18.9 Å². The lowest BCUT2D eigenvalue weighted by molar-refractivity contribution is -0.128. The lowest BCUT2D eigenvalue weighted by Gasteiger charge is -2.18. The van der Waals surface area contributed by atoms with Crippen LogP contribution in [0.15, 0.2) is 67.0 Å². The van der Waals surface area contributed by atoms with Gasteiger partial charge in [0, 0.05) is 24.3 Å². The van der Waals surface area contributed by atoms with Crippen molar-refractivity contribution in [3.05, 3.63) is 72.6 Å². The van der Waals surface area contributed by atoms with Gasteiger partial charge in [0.05, 0.1) is 0 Å². The molecule has 1 N–H and O–H groups in total. The van der Waals surface area contributed by atoms with Crippen molar-refractivity contribution >= 4 is 16.7 Å². The molecule has 0 spiro atoms. The van der Waals surface area contributed by atoms with Crippen LogP contribution in [-0.4, -0.2) is 17.0 Å². The summed E-state index contributed by atoms with van der Waals surface area (Å²) in [7, 11) is 0. The third-order valence-electron chi connectivity index (χ3n) is 3.87. The quantitative estimate of drug-likeness (QED) is 0.753. The lowest BCUT2D eigenvalue weighted by atomic mass is 10.1. The fraction of sp³-hybridized carbons (Fsp3) is 0.200. The summed E-state index contributed by atoms with van der Waals surface area (Å²) >= 11 is 0. The molecule has 1 unspecified atom stereocenters. The van der Waals surface area contributed by atoms with Gasteiger partial charge in [-0.05, 0) is 29.5 Å². The summed E-state index contributed by atoms with van der Waals surface area (Å²) in [5.74, 6) is 0.616. The van der Waals surface area contributed by atoms with Crippen molar-refractivity contribution in [1.82, 2.24) is 10.3 Å². The molecule has 0 bridgehead atoms. The summed E-state index contributed by atoms with van der Waals surface area (Å²) in [5, 5.41) is 5.02. The number of pyridine rings is 1. The fourth-order valence-corrected chi connectivity index (χ4v) is 2.58. The lowest BCUT2D eigenvalue weighted by Crippen LogP contribution is -2.37. The van der Waals surface area contributed by atoms with Crippen LogP contribution in [0.25, 0.3) is 10.8 Å². The van der Waals surface area contributed by atoms with E-state index in [-0.39, 0.29) is 5.91 Å². The number of hydrogen-bond donors (Lipinski definition) is 1. The van der Waals surface area contributed by atoms with Gasteiger partial charge in [-0.2, -0.15) is 0 Å². The second kappa shape index (κ2) is 7.59. The molecule has 1 atom stereocenters. The monoisotopic (exact) mass is 320 g/mol. The molecule has 0 saturated carbocycles. The van der Waals surface area contributed by atoms with Gasteiger partial charge in [0.25, 0.3) is 5.91 Å². The van der Waals surface area contributed by atoms with Gasteiger partial charge in [-0.25, -0.2) is 0 Å². The van der Waals surface area contributed by atoms with Crippen molar-refractivity contribution in [3.63, 3.8) is 0 Å². The summed E-state index contributed by atoms with van der Waals surface area (Å²) in [5.41, 5.74) is 0.964. The van der Waals surface area contributed by atoms with Crippen LogP contribution in [-0.2, 0) is 11.3 Å². The molecule has 0 aliphatic heterocycles. The number of benzene rings is 2. The number of hydrogen-bond acceptors (Lipinski definition) is 3. The van der Waals surface area contributed by atoms with Gasteiger partial charge in [0.15, 0.2) is 6.10 Å². The van der Waals surface area contributed by atoms with Gasteiger partial charge < -0.3 is 10.1 Å². The van der Waals surface area contributed by atoms with E-state index < -0.39 is 6.10 Å². The molecule has 1 amide bonds. The molecule has 0 radical (unpaired) electrons. The van der Waals surface area contributed by atoms with Crippen molar-refractivity contribution in [1.29, 1.82) is 0 Å². The van der Waals surface area contributed by atoms with Crippen LogP contribution in [0.3, 0.4) is 0 Å². The van der Waals surface area contributed by atoms with Crippen LogP contribution >= 0.6 is 0 Å². The molecule has 0 aliphatic carbocycles. The van der Waals surface area contributed by atoms with E-state index in [1.165, 1.54) is 0 Å². The summed E-state index contributed by atoms with van der Waals surface area (Å²) in [6.07, 6.45) is 3.53. The molecule has 0 aliphatic rings. The van der Waals surface area contributed by atoms with Gasteiger partial charge in [-0.1, -0.05) is 49.4 Å². The van der Waals surface area contributed by atoms with Crippen molar-refractivity contribution < 1.29 is 9.53 Å². The average Bonchev–Trinajstić information content (AvgIpc) is 2.65. The van der Waals surface area contributed by atoms with Crippen LogP contribution in [0, 0.1) is 0 Å². The number of fused-ring (bicyclic) bond motifs is 1. The van der Waals surface area contributed by atoms with Crippen molar-refractivity contribution in [2.75, 3.05) is 0 Å². The zero-order valence-electron chi connectivity index (χ0n) is 13.6. The van der Waals surface area contributed by atoms with E-state index in [1.807, 2.05) is 61.5 Å². The van der Waals surface area contributed by atoms with Gasteiger partial charge in [0.2, 0.25) is 0 Å². The maximum absolute atomic E-state index is 12.4. The number of carbonyl (C=O) groups is 1. The van der Waals surface area contributed by atoms with E-state index in [1.54, 1.807) is 12.4 Å². The van der Waals surface area contributed by atoms with Gasteiger partial charge in [0.1, 0.15) is 5.75 Å². The Balaban J connectivity index is 1.70. The van der Waals surface area contributed by atoms with Crippen LogP contribution in [0.4, 0.5) is 0 Å². The first-order valence-electron chi connectivity index (χ1n) is 8.09. The Bertz CT molecular complexity index is 813. The highest BCUT2D eigenvalue weighted by atomic mass is 16.5. The Morgan fingerprint density at radius 1 is 1.12 bits per heavy atom. The van der Waals surface area contributed by atoms with E-state index in [4.69, 9.17) is 4.74 Å². The molecule has 0 fully saturated rings. The third-order valence-corrected chi connectivity index (χ3v) is 3.87. The topological polar surface area (TPSA) is 51.2 Å². The highest BCUT2D eigenvalue weighted by molar-refractivity contribution is 5.89. The first-order valence-corrected chi connectivity index (χ1v) is 8.09. The number of rotatable bonds is 6. The number of aromatic nitrogens is 1. The minimum Gasteiger partial charge on any atom is -0.480 e. The summed E-state index contributed by atoms with van der Waals surface area (Å²) in [4.78, 5) is 16.5. The predicted molar refractivity (Wildman–Crippen MR) is 94.7 cm³/mol. The molecule has 4 nitrogen and oxygen atoms in total. The first-order chi connectivity index (χ1) is 11.8.